The Morgan fingerprint density at radius 1 is 1.08 bits per heavy atom. The minimum atomic E-state index is -0.139. The van der Waals surface area contributed by atoms with Gasteiger partial charge in [-0.1, -0.05) is 18.2 Å². The Balaban J connectivity index is 1.38. The van der Waals surface area contributed by atoms with Crippen molar-refractivity contribution in [3.05, 3.63) is 53.0 Å². The number of nitrogens with zero attached hydrogens (tertiary/aromatic N) is 1. The number of hydrogen-bond acceptors (Lipinski definition) is 5. The van der Waals surface area contributed by atoms with Gasteiger partial charge in [0, 0.05) is 13.0 Å². The number of nitrogens with one attached hydrogen (secondary N) is 1. The third-order valence-corrected chi connectivity index (χ3v) is 5.00. The number of carbonyl (C=O) groups is 1. The highest BCUT2D eigenvalue weighted by atomic mass is 32.1. The molecule has 2 aromatic carbocycles. The summed E-state index contributed by atoms with van der Waals surface area (Å²) in [4.78, 5) is 16.5. The number of rotatable bonds is 7. The minimum absolute atomic E-state index is 0.0177. The van der Waals surface area contributed by atoms with Crippen molar-refractivity contribution in [2.24, 2.45) is 0 Å². The fourth-order valence-electron chi connectivity index (χ4n) is 2.59. The summed E-state index contributed by atoms with van der Waals surface area (Å²) in [7, 11) is 0. The quantitative estimate of drug-likeness (QED) is 0.567. The standard InChI is InChI=1S/C19H20N2O3S/c22-15-9-8-13(12-16(15)23)10-11-20-18(24)6-3-7-19-21-14-4-1-2-5-17(14)25-19/h1-2,4-5,8-9,12,22-23H,3,6-7,10-11H2,(H,20,24). The zero-order valence-corrected chi connectivity index (χ0v) is 14.6. The number of aromatic hydroxyl groups is 2. The van der Waals surface area contributed by atoms with E-state index in [2.05, 4.69) is 16.4 Å². The number of benzene rings is 2. The molecule has 0 saturated carbocycles. The number of para-hydroxylation sites is 1. The number of hydrogen-bond donors (Lipinski definition) is 3. The first kappa shape index (κ1) is 17.2. The molecule has 0 radical (unpaired) electrons. The maximum absolute atomic E-state index is 11.9. The lowest BCUT2D eigenvalue weighted by Gasteiger charge is -2.06. The molecule has 3 aromatic rings. The number of thiazole rings is 1. The molecule has 1 aromatic heterocycles. The minimum Gasteiger partial charge on any atom is -0.504 e. The summed E-state index contributed by atoms with van der Waals surface area (Å²) in [5.74, 6) is -0.258. The van der Waals surface area contributed by atoms with Crippen molar-refractivity contribution >= 4 is 27.5 Å². The average Bonchev–Trinajstić information content (AvgIpc) is 3.01. The zero-order valence-electron chi connectivity index (χ0n) is 13.7. The van der Waals surface area contributed by atoms with Crippen molar-refractivity contribution in [3.63, 3.8) is 0 Å². The second-order valence-corrected chi connectivity index (χ2v) is 6.97. The van der Waals surface area contributed by atoms with Gasteiger partial charge in [-0.3, -0.25) is 4.79 Å². The molecule has 3 N–H and O–H groups in total. The SMILES string of the molecule is O=C(CCCc1nc2ccccc2s1)NCCc1ccc(O)c(O)c1. The van der Waals surface area contributed by atoms with Crippen LogP contribution in [0.2, 0.25) is 0 Å². The van der Waals surface area contributed by atoms with E-state index in [0.717, 1.165) is 28.9 Å². The Bertz CT molecular complexity index is 843. The van der Waals surface area contributed by atoms with Crippen molar-refractivity contribution in [1.82, 2.24) is 10.3 Å². The molecule has 0 aliphatic heterocycles. The van der Waals surface area contributed by atoms with Crippen LogP contribution in [0.15, 0.2) is 42.5 Å². The number of aromatic nitrogens is 1. The van der Waals surface area contributed by atoms with Crippen LogP contribution < -0.4 is 5.32 Å². The van der Waals surface area contributed by atoms with E-state index in [0.29, 0.717) is 19.4 Å². The summed E-state index contributed by atoms with van der Waals surface area (Å²) in [5.41, 5.74) is 1.88. The average molecular weight is 356 g/mol. The predicted octanol–water partition coefficient (Wildman–Crippen LogP) is 3.39. The van der Waals surface area contributed by atoms with Gasteiger partial charge in [0.25, 0.3) is 0 Å². The molecule has 0 atom stereocenters. The number of phenolic OH excluding ortho intramolecular Hbond substituents is 2. The molecule has 0 saturated heterocycles. The molecule has 0 fully saturated rings. The molecule has 25 heavy (non-hydrogen) atoms. The molecule has 1 amide bonds. The molecule has 0 unspecified atom stereocenters. The fourth-order valence-corrected chi connectivity index (χ4v) is 3.60. The maximum Gasteiger partial charge on any atom is 0.220 e. The van der Waals surface area contributed by atoms with Gasteiger partial charge in [0.15, 0.2) is 11.5 Å². The van der Waals surface area contributed by atoms with Crippen LogP contribution in [-0.4, -0.2) is 27.6 Å². The van der Waals surface area contributed by atoms with Crippen molar-refractivity contribution < 1.29 is 15.0 Å². The Morgan fingerprint density at radius 2 is 1.92 bits per heavy atom. The van der Waals surface area contributed by atoms with E-state index in [1.165, 1.54) is 16.8 Å². The van der Waals surface area contributed by atoms with Crippen LogP contribution in [-0.2, 0) is 17.6 Å². The summed E-state index contributed by atoms with van der Waals surface area (Å²) in [6.45, 7) is 0.504. The molecule has 0 bridgehead atoms. The van der Waals surface area contributed by atoms with E-state index in [1.807, 2.05) is 18.2 Å². The smallest absolute Gasteiger partial charge is 0.220 e. The van der Waals surface area contributed by atoms with Crippen LogP contribution in [0.1, 0.15) is 23.4 Å². The Kier molecular flexibility index (Phi) is 5.50. The van der Waals surface area contributed by atoms with E-state index in [9.17, 15) is 15.0 Å². The van der Waals surface area contributed by atoms with E-state index in [4.69, 9.17) is 0 Å². The van der Waals surface area contributed by atoms with Gasteiger partial charge in [0.2, 0.25) is 5.91 Å². The molecule has 5 nitrogen and oxygen atoms in total. The lowest BCUT2D eigenvalue weighted by atomic mass is 10.1. The van der Waals surface area contributed by atoms with Gasteiger partial charge in [-0.05, 0) is 49.1 Å². The fraction of sp³-hybridized carbons (Fsp3) is 0.263. The lowest BCUT2D eigenvalue weighted by Crippen LogP contribution is -2.25. The van der Waals surface area contributed by atoms with Crippen LogP contribution in [0.25, 0.3) is 10.2 Å². The highest BCUT2D eigenvalue weighted by Gasteiger charge is 2.06. The molecule has 130 valence electrons. The van der Waals surface area contributed by atoms with Gasteiger partial charge < -0.3 is 15.5 Å². The molecule has 0 spiro atoms. The molecule has 0 aliphatic carbocycles. The van der Waals surface area contributed by atoms with Crippen molar-refractivity contribution in [2.45, 2.75) is 25.7 Å². The van der Waals surface area contributed by atoms with Crippen LogP contribution >= 0.6 is 11.3 Å². The van der Waals surface area contributed by atoms with Gasteiger partial charge in [0.1, 0.15) is 0 Å². The molecule has 1 heterocycles. The molecule has 6 heteroatoms. The Morgan fingerprint density at radius 3 is 2.72 bits per heavy atom. The zero-order chi connectivity index (χ0) is 17.6. The van der Waals surface area contributed by atoms with Gasteiger partial charge in [-0.15, -0.1) is 11.3 Å². The maximum atomic E-state index is 11.9. The van der Waals surface area contributed by atoms with E-state index < -0.39 is 0 Å². The molecular weight excluding hydrogens is 336 g/mol. The largest absolute Gasteiger partial charge is 0.504 e. The van der Waals surface area contributed by atoms with Crippen molar-refractivity contribution in [1.29, 1.82) is 0 Å². The first-order valence-corrected chi connectivity index (χ1v) is 9.05. The summed E-state index contributed by atoms with van der Waals surface area (Å²) in [6, 6.07) is 12.7. The number of carbonyl (C=O) groups excluding carboxylic acids is 1. The number of aryl methyl sites for hydroxylation is 1. The number of phenols is 2. The molecule has 0 aliphatic rings. The molecular formula is C19H20N2O3S. The van der Waals surface area contributed by atoms with Crippen molar-refractivity contribution in [3.8, 4) is 11.5 Å². The normalized spacial score (nSPS) is 10.9. The van der Waals surface area contributed by atoms with Gasteiger partial charge in [-0.25, -0.2) is 4.98 Å². The third-order valence-electron chi connectivity index (χ3n) is 3.91. The summed E-state index contributed by atoms with van der Waals surface area (Å²) in [5, 5.41) is 22.7. The molecule has 3 rings (SSSR count). The predicted molar refractivity (Wildman–Crippen MR) is 99.0 cm³/mol. The number of fused-ring (bicyclic) bond motifs is 1. The Hall–Kier alpha value is -2.60. The van der Waals surface area contributed by atoms with E-state index in [1.54, 1.807) is 17.4 Å². The summed E-state index contributed by atoms with van der Waals surface area (Å²) in [6.07, 6.45) is 2.65. The summed E-state index contributed by atoms with van der Waals surface area (Å²) < 4.78 is 1.18. The highest BCUT2D eigenvalue weighted by molar-refractivity contribution is 7.18. The van der Waals surface area contributed by atoms with Gasteiger partial charge >= 0.3 is 0 Å². The van der Waals surface area contributed by atoms with Gasteiger partial charge in [0.05, 0.1) is 15.2 Å². The summed E-state index contributed by atoms with van der Waals surface area (Å²) >= 11 is 1.68. The van der Waals surface area contributed by atoms with Crippen LogP contribution in [0.5, 0.6) is 11.5 Å². The van der Waals surface area contributed by atoms with E-state index in [-0.39, 0.29) is 17.4 Å². The first-order valence-electron chi connectivity index (χ1n) is 8.24. The topological polar surface area (TPSA) is 82.5 Å². The van der Waals surface area contributed by atoms with Crippen molar-refractivity contribution in [2.75, 3.05) is 6.54 Å². The monoisotopic (exact) mass is 356 g/mol. The number of amides is 1. The second kappa shape index (κ2) is 7.98. The van der Waals surface area contributed by atoms with Crippen LogP contribution in [0.4, 0.5) is 0 Å². The lowest BCUT2D eigenvalue weighted by molar-refractivity contribution is -0.121. The Labute approximate surface area is 150 Å². The first-order chi connectivity index (χ1) is 12.1. The van der Waals surface area contributed by atoms with Crippen LogP contribution in [0, 0.1) is 0 Å². The third kappa shape index (κ3) is 4.70. The van der Waals surface area contributed by atoms with Crippen LogP contribution in [0.3, 0.4) is 0 Å². The highest BCUT2D eigenvalue weighted by Crippen LogP contribution is 2.25. The van der Waals surface area contributed by atoms with Gasteiger partial charge in [-0.2, -0.15) is 0 Å². The van der Waals surface area contributed by atoms with E-state index >= 15 is 0 Å². The second-order valence-electron chi connectivity index (χ2n) is 5.85.